The Labute approximate surface area is 122 Å². The topological polar surface area (TPSA) is 98.9 Å². The summed E-state index contributed by atoms with van der Waals surface area (Å²) in [6.07, 6.45) is 4.03. The molecular formula is C14H19NO6. The summed E-state index contributed by atoms with van der Waals surface area (Å²) in [5, 5.41) is 19.9. The van der Waals surface area contributed by atoms with Crippen molar-refractivity contribution in [2.45, 2.75) is 32.6 Å². The molecule has 21 heavy (non-hydrogen) atoms. The molecule has 1 aromatic rings. The Balaban J connectivity index is 2.94. The molecule has 7 nitrogen and oxygen atoms in total. The van der Waals surface area contributed by atoms with Gasteiger partial charge >= 0.3 is 5.97 Å². The van der Waals surface area contributed by atoms with Gasteiger partial charge in [-0.3, -0.25) is 10.1 Å². The van der Waals surface area contributed by atoms with Gasteiger partial charge in [0.15, 0.2) is 11.5 Å². The number of rotatable bonds is 9. The number of methoxy groups -OCH3 is 1. The van der Waals surface area contributed by atoms with Crippen molar-refractivity contribution in [1.82, 2.24) is 0 Å². The molecule has 0 aliphatic heterocycles. The van der Waals surface area contributed by atoms with E-state index in [2.05, 4.69) is 6.92 Å². The quantitative estimate of drug-likeness (QED) is 0.426. The molecule has 116 valence electrons. The minimum atomic E-state index is -1.38. The zero-order valence-corrected chi connectivity index (χ0v) is 12.1. The number of unbranched alkanes of at least 4 members (excludes halogenated alkanes) is 3. The molecule has 0 atom stereocenters. The molecule has 0 aliphatic carbocycles. The van der Waals surface area contributed by atoms with Gasteiger partial charge < -0.3 is 14.6 Å². The van der Waals surface area contributed by atoms with E-state index in [1.807, 2.05) is 0 Å². The largest absolute Gasteiger partial charge is 0.493 e. The van der Waals surface area contributed by atoms with Gasteiger partial charge in [-0.05, 0) is 6.42 Å². The Kier molecular flexibility index (Phi) is 6.45. The van der Waals surface area contributed by atoms with E-state index in [1.54, 1.807) is 0 Å². The van der Waals surface area contributed by atoms with Crippen molar-refractivity contribution < 1.29 is 24.3 Å². The van der Waals surface area contributed by atoms with Crippen molar-refractivity contribution in [3.8, 4) is 11.5 Å². The lowest BCUT2D eigenvalue weighted by Gasteiger charge is -2.11. The van der Waals surface area contributed by atoms with Crippen LogP contribution in [0.25, 0.3) is 0 Å². The molecule has 0 saturated heterocycles. The normalized spacial score (nSPS) is 10.2. The van der Waals surface area contributed by atoms with Crippen LogP contribution in [0, 0.1) is 10.1 Å². The maximum atomic E-state index is 11.0. The van der Waals surface area contributed by atoms with E-state index in [0.29, 0.717) is 6.61 Å². The van der Waals surface area contributed by atoms with Crippen molar-refractivity contribution in [2.24, 2.45) is 0 Å². The number of nitro groups is 1. The highest BCUT2D eigenvalue weighted by Gasteiger charge is 2.24. The summed E-state index contributed by atoms with van der Waals surface area (Å²) in [6, 6.07) is 2.21. The second-order valence-corrected chi connectivity index (χ2v) is 4.49. The van der Waals surface area contributed by atoms with Crippen LogP contribution in [-0.4, -0.2) is 29.7 Å². The molecule has 0 amide bonds. The molecule has 0 aromatic heterocycles. The molecule has 0 fully saturated rings. The summed E-state index contributed by atoms with van der Waals surface area (Å²) < 4.78 is 10.5. The van der Waals surface area contributed by atoms with Crippen LogP contribution in [0.15, 0.2) is 12.1 Å². The maximum absolute atomic E-state index is 11.0. The Morgan fingerprint density at radius 2 is 2.00 bits per heavy atom. The van der Waals surface area contributed by atoms with Crippen molar-refractivity contribution in [3.05, 3.63) is 27.8 Å². The number of nitro benzene ring substituents is 1. The molecule has 7 heteroatoms. The number of carboxylic acid groups (broad SMARTS) is 1. The number of ether oxygens (including phenoxy) is 2. The summed E-state index contributed by atoms with van der Waals surface area (Å²) in [5.74, 6) is -1.02. The fourth-order valence-electron chi connectivity index (χ4n) is 1.85. The van der Waals surface area contributed by atoms with E-state index in [1.165, 1.54) is 7.11 Å². The number of nitrogens with zero attached hydrogens (tertiary/aromatic N) is 1. The molecule has 0 spiro atoms. The summed E-state index contributed by atoms with van der Waals surface area (Å²) >= 11 is 0. The van der Waals surface area contributed by atoms with Crippen LogP contribution in [0.3, 0.4) is 0 Å². The maximum Gasteiger partial charge on any atom is 0.342 e. The van der Waals surface area contributed by atoms with Gasteiger partial charge in [0.05, 0.1) is 24.7 Å². The fraction of sp³-hybridized carbons (Fsp3) is 0.500. The first-order chi connectivity index (χ1) is 10.0. The molecule has 1 aromatic carbocycles. The Hall–Kier alpha value is -2.31. The van der Waals surface area contributed by atoms with Gasteiger partial charge in [-0.2, -0.15) is 0 Å². The number of carboxylic acids is 1. The highest BCUT2D eigenvalue weighted by atomic mass is 16.6. The molecule has 0 aliphatic rings. The molecule has 0 radical (unpaired) electrons. The van der Waals surface area contributed by atoms with Crippen LogP contribution in [-0.2, 0) is 0 Å². The smallest absolute Gasteiger partial charge is 0.342 e. The number of aromatic carboxylic acids is 1. The van der Waals surface area contributed by atoms with Gasteiger partial charge in [-0.1, -0.05) is 26.2 Å². The lowest BCUT2D eigenvalue weighted by Crippen LogP contribution is -2.06. The minimum Gasteiger partial charge on any atom is -0.493 e. The zero-order valence-electron chi connectivity index (χ0n) is 12.1. The van der Waals surface area contributed by atoms with Crippen LogP contribution >= 0.6 is 0 Å². The minimum absolute atomic E-state index is 0.175. The second-order valence-electron chi connectivity index (χ2n) is 4.49. The number of hydrogen-bond acceptors (Lipinski definition) is 5. The van der Waals surface area contributed by atoms with Crippen LogP contribution in [0.4, 0.5) is 5.69 Å². The van der Waals surface area contributed by atoms with E-state index in [9.17, 15) is 14.9 Å². The third-order valence-corrected chi connectivity index (χ3v) is 2.96. The lowest BCUT2D eigenvalue weighted by molar-refractivity contribution is -0.385. The average molecular weight is 297 g/mol. The lowest BCUT2D eigenvalue weighted by atomic mass is 10.1. The highest BCUT2D eigenvalue weighted by molar-refractivity contribution is 5.93. The summed E-state index contributed by atoms with van der Waals surface area (Å²) in [4.78, 5) is 21.2. The first kappa shape index (κ1) is 16.7. The first-order valence-electron chi connectivity index (χ1n) is 6.73. The monoisotopic (exact) mass is 297 g/mol. The second kappa shape index (κ2) is 8.08. The standard InChI is InChI=1S/C14H19NO6/c1-3-4-5-6-7-21-13-9-11(15(18)19)10(14(16)17)8-12(13)20-2/h8-9H,3-7H2,1-2H3,(H,16,17). The SMILES string of the molecule is CCCCCCOc1cc([N+](=O)[O-])c(C(=O)O)cc1OC. The third-order valence-electron chi connectivity index (χ3n) is 2.96. The molecule has 1 rings (SSSR count). The van der Waals surface area contributed by atoms with E-state index in [4.69, 9.17) is 14.6 Å². The van der Waals surface area contributed by atoms with Gasteiger partial charge in [-0.15, -0.1) is 0 Å². The van der Waals surface area contributed by atoms with Gasteiger partial charge in [0.2, 0.25) is 0 Å². The number of benzene rings is 1. The predicted octanol–water partition coefficient (Wildman–Crippen LogP) is 3.26. The highest BCUT2D eigenvalue weighted by Crippen LogP contribution is 2.34. The molecule has 1 N–H and O–H groups in total. The van der Waals surface area contributed by atoms with Crippen LogP contribution in [0.2, 0.25) is 0 Å². The zero-order chi connectivity index (χ0) is 15.8. The van der Waals surface area contributed by atoms with Crippen LogP contribution in [0.1, 0.15) is 43.0 Å². The Bertz CT molecular complexity index is 514. The molecule has 0 heterocycles. The van der Waals surface area contributed by atoms with Gasteiger partial charge in [0.25, 0.3) is 5.69 Å². The van der Waals surface area contributed by atoms with Gasteiger partial charge in [0.1, 0.15) is 5.56 Å². The Morgan fingerprint density at radius 3 is 2.52 bits per heavy atom. The molecule has 0 bridgehead atoms. The molecular weight excluding hydrogens is 278 g/mol. The molecule has 0 saturated carbocycles. The van der Waals surface area contributed by atoms with E-state index in [0.717, 1.165) is 37.8 Å². The van der Waals surface area contributed by atoms with Gasteiger partial charge in [-0.25, -0.2) is 4.79 Å². The van der Waals surface area contributed by atoms with Crippen LogP contribution in [0.5, 0.6) is 11.5 Å². The first-order valence-corrected chi connectivity index (χ1v) is 6.73. The average Bonchev–Trinajstić information content (AvgIpc) is 2.46. The number of carbonyl (C=O) groups is 1. The molecule has 0 unspecified atom stereocenters. The van der Waals surface area contributed by atoms with Crippen molar-refractivity contribution in [2.75, 3.05) is 13.7 Å². The summed E-state index contributed by atoms with van der Waals surface area (Å²) in [5.41, 5.74) is -0.929. The van der Waals surface area contributed by atoms with Crippen LogP contribution < -0.4 is 9.47 Å². The van der Waals surface area contributed by atoms with E-state index in [-0.39, 0.29) is 11.5 Å². The summed E-state index contributed by atoms with van der Waals surface area (Å²) in [7, 11) is 1.36. The Morgan fingerprint density at radius 1 is 1.29 bits per heavy atom. The van der Waals surface area contributed by atoms with Crippen molar-refractivity contribution >= 4 is 11.7 Å². The van der Waals surface area contributed by atoms with E-state index >= 15 is 0 Å². The van der Waals surface area contributed by atoms with Crippen molar-refractivity contribution in [3.63, 3.8) is 0 Å². The third kappa shape index (κ3) is 4.62. The predicted molar refractivity (Wildman–Crippen MR) is 76.2 cm³/mol. The van der Waals surface area contributed by atoms with Gasteiger partial charge in [0, 0.05) is 6.07 Å². The van der Waals surface area contributed by atoms with E-state index < -0.39 is 22.1 Å². The fourth-order valence-corrected chi connectivity index (χ4v) is 1.85. The van der Waals surface area contributed by atoms with Crippen molar-refractivity contribution in [1.29, 1.82) is 0 Å². The summed E-state index contributed by atoms with van der Waals surface area (Å²) in [6.45, 7) is 2.50. The number of hydrogen-bond donors (Lipinski definition) is 1.